The Labute approximate surface area is 299 Å². The molecule has 0 radical (unpaired) electrons. The molecule has 0 bridgehead atoms. The monoisotopic (exact) mass is 682 g/mol. The van der Waals surface area contributed by atoms with Crippen LogP contribution in [-0.2, 0) is 17.6 Å². The second-order valence-electron chi connectivity index (χ2n) is 13.2. The minimum absolute atomic E-state index is 0.0266. The molecule has 3 aromatic carbocycles. The van der Waals surface area contributed by atoms with Crippen LogP contribution in [0.4, 0.5) is 0 Å². The highest BCUT2D eigenvalue weighted by Gasteiger charge is 2.25. The van der Waals surface area contributed by atoms with Gasteiger partial charge in [-0.3, -0.25) is 9.79 Å². The molecule has 0 amide bonds. The summed E-state index contributed by atoms with van der Waals surface area (Å²) in [5.74, 6) is 6.51. The maximum absolute atomic E-state index is 13.8. The van der Waals surface area contributed by atoms with Crippen LogP contribution in [0.2, 0.25) is 0 Å². The summed E-state index contributed by atoms with van der Waals surface area (Å²) in [6, 6.07) is 14.6. The Bertz CT molecular complexity index is 2010. The molecular formula is C43H44N3O5-. The van der Waals surface area contributed by atoms with Gasteiger partial charge in [0.1, 0.15) is 11.9 Å². The fourth-order valence-electron chi connectivity index (χ4n) is 6.69. The van der Waals surface area contributed by atoms with E-state index in [1.54, 1.807) is 42.6 Å². The second kappa shape index (κ2) is 16.5. The Balaban J connectivity index is 1.21. The van der Waals surface area contributed by atoms with Gasteiger partial charge in [0.2, 0.25) is 0 Å². The predicted molar refractivity (Wildman–Crippen MR) is 199 cm³/mol. The lowest BCUT2D eigenvalue weighted by Crippen LogP contribution is -2.27. The van der Waals surface area contributed by atoms with Crippen LogP contribution in [-0.4, -0.2) is 28.3 Å². The fraction of sp³-hybridized carbons (Fsp3) is 0.302. The van der Waals surface area contributed by atoms with Gasteiger partial charge in [0.15, 0.2) is 17.3 Å². The van der Waals surface area contributed by atoms with Crippen molar-refractivity contribution in [1.82, 2.24) is 5.32 Å². The number of carbonyl (C=O) groups excluding carboxylic acids is 1. The van der Waals surface area contributed by atoms with Crippen LogP contribution in [0, 0.1) is 11.8 Å². The van der Waals surface area contributed by atoms with E-state index in [9.17, 15) is 20.1 Å². The van der Waals surface area contributed by atoms with E-state index in [4.69, 9.17) is 10.5 Å². The number of aryl methyl sites for hydroxylation is 1. The van der Waals surface area contributed by atoms with Crippen LogP contribution in [0.1, 0.15) is 103 Å². The molecule has 0 spiro atoms. The minimum atomic E-state index is -0.497. The first kappa shape index (κ1) is 35.3. The fourth-order valence-corrected chi connectivity index (χ4v) is 6.69. The van der Waals surface area contributed by atoms with Gasteiger partial charge >= 0.3 is 0 Å². The number of fused-ring (bicyclic) bond motifs is 3. The van der Waals surface area contributed by atoms with Gasteiger partial charge in [-0.1, -0.05) is 55.9 Å². The standard InChI is InChI=1S/C43H45N3O5/c1-2-3-4-5-6-9-32(47)14-11-28-13-16-40(49)42(24-28)51-22-19-29-12-15-39(48)37(23-29)36-27-41(50)33-18-21-45-38(33)10-7-8-30-26-35-31(25-34(30)36)17-20-46-43(35)44/h6,9,12-13,15-18,20-21,23-26,36,43,46,48-50H,2-5,10-11,14,19,22,27,44H2,1H3/p-1. The van der Waals surface area contributed by atoms with E-state index in [0.717, 1.165) is 59.1 Å². The van der Waals surface area contributed by atoms with E-state index in [1.807, 2.05) is 42.6 Å². The van der Waals surface area contributed by atoms with Gasteiger partial charge in [-0.05, 0) is 114 Å². The normalized spacial score (nSPS) is 17.6. The lowest BCUT2D eigenvalue weighted by Gasteiger charge is -2.29. The number of allylic oxidation sites excluding steroid dienone is 5. The van der Waals surface area contributed by atoms with E-state index < -0.39 is 12.1 Å². The summed E-state index contributed by atoms with van der Waals surface area (Å²) in [4.78, 5) is 16.7. The number of nitrogens with two attached hydrogens (primary N) is 1. The number of rotatable bonds is 13. The van der Waals surface area contributed by atoms with Gasteiger partial charge in [-0.2, -0.15) is 0 Å². The molecular weight excluding hydrogens is 638 g/mol. The number of nitrogens with zero attached hydrogens (tertiary/aromatic N) is 1. The molecule has 6 rings (SSSR count). The molecule has 3 aliphatic rings. The van der Waals surface area contributed by atoms with Crippen molar-refractivity contribution in [2.45, 2.75) is 76.8 Å². The van der Waals surface area contributed by atoms with Gasteiger partial charge in [-0.25, -0.2) is 0 Å². The molecule has 0 aromatic heterocycles. The average molecular weight is 683 g/mol. The third kappa shape index (κ3) is 8.62. The third-order valence-corrected chi connectivity index (χ3v) is 9.53. The molecule has 2 atom stereocenters. The number of nitrogens with one attached hydrogen (secondary N) is 1. The zero-order valence-corrected chi connectivity index (χ0v) is 29.0. The van der Waals surface area contributed by atoms with E-state index in [0.29, 0.717) is 48.3 Å². The number of hydrogen-bond acceptors (Lipinski definition) is 8. The maximum atomic E-state index is 13.8. The van der Waals surface area contributed by atoms with Crippen LogP contribution in [0.15, 0.2) is 95.5 Å². The van der Waals surface area contributed by atoms with Crippen LogP contribution >= 0.6 is 0 Å². The second-order valence-corrected chi connectivity index (χ2v) is 13.2. The highest BCUT2D eigenvalue weighted by atomic mass is 16.5. The largest absolute Gasteiger partial charge is 0.875 e. The van der Waals surface area contributed by atoms with Crippen LogP contribution in [0.5, 0.6) is 17.2 Å². The van der Waals surface area contributed by atoms with E-state index in [-0.39, 0.29) is 36.1 Å². The molecule has 2 heterocycles. The van der Waals surface area contributed by atoms with Gasteiger partial charge in [0.25, 0.3) is 0 Å². The van der Waals surface area contributed by atoms with E-state index in [1.165, 1.54) is 0 Å². The third-order valence-electron chi connectivity index (χ3n) is 9.53. The predicted octanol–water partition coefficient (Wildman–Crippen LogP) is 6.75. The SMILES string of the molecule is CCCCCC=CC(=O)CCc1ccc(O)c(OCCc2ccc(O)c(C3CC([O-])=C4C=CN=C4CC#Cc4cc5c(cc43)C=CNC5N)c2)c1. The number of aromatic hydroxyl groups is 2. The summed E-state index contributed by atoms with van der Waals surface area (Å²) in [7, 11) is 0. The van der Waals surface area contributed by atoms with E-state index >= 15 is 0 Å². The van der Waals surface area contributed by atoms with Crippen molar-refractivity contribution < 1.29 is 24.9 Å². The Morgan fingerprint density at radius 1 is 1.04 bits per heavy atom. The molecule has 5 N–H and O–H groups in total. The van der Waals surface area contributed by atoms with Crippen LogP contribution in [0.3, 0.4) is 0 Å². The quantitative estimate of drug-likeness (QED) is 0.0889. The number of carbonyl (C=O) groups is 1. The summed E-state index contributed by atoms with van der Waals surface area (Å²) in [6.07, 6.45) is 16.6. The molecule has 8 nitrogen and oxygen atoms in total. The number of unbranched alkanes of at least 4 members (excludes halogenated alkanes) is 3. The molecule has 262 valence electrons. The van der Waals surface area contributed by atoms with Crippen molar-refractivity contribution in [2.75, 3.05) is 6.61 Å². The first-order valence-corrected chi connectivity index (χ1v) is 17.7. The Hall–Kier alpha value is -5.52. The molecule has 0 saturated carbocycles. The van der Waals surface area contributed by atoms with Crippen molar-refractivity contribution in [2.24, 2.45) is 10.7 Å². The van der Waals surface area contributed by atoms with Crippen molar-refractivity contribution in [1.29, 1.82) is 0 Å². The zero-order valence-electron chi connectivity index (χ0n) is 29.0. The van der Waals surface area contributed by atoms with Crippen molar-refractivity contribution in [3.05, 3.63) is 129 Å². The summed E-state index contributed by atoms with van der Waals surface area (Å²) >= 11 is 0. The first-order chi connectivity index (χ1) is 24.8. The molecule has 51 heavy (non-hydrogen) atoms. The highest BCUT2D eigenvalue weighted by Crippen LogP contribution is 2.40. The topological polar surface area (TPSA) is 140 Å². The number of hydrogen-bond donors (Lipinski definition) is 4. The minimum Gasteiger partial charge on any atom is -0.875 e. The number of phenolic OH excluding ortho intramolecular Hbond substituents is 2. The summed E-state index contributed by atoms with van der Waals surface area (Å²) in [5.41, 5.74) is 13.4. The number of phenols is 2. The maximum Gasteiger partial charge on any atom is 0.161 e. The summed E-state index contributed by atoms with van der Waals surface area (Å²) in [6.45, 7) is 2.42. The van der Waals surface area contributed by atoms with E-state index in [2.05, 4.69) is 29.1 Å². The van der Waals surface area contributed by atoms with Crippen molar-refractivity contribution in [3.8, 4) is 29.1 Å². The highest BCUT2D eigenvalue weighted by molar-refractivity contribution is 6.06. The molecule has 1 aliphatic carbocycles. The molecule has 0 saturated heterocycles. The molecule has 2 unspecified atom stereocenters. The number of benzene rings is 3. The molecule has 3 aromatic rings. The lowest BCUT2D eigenvalue weighted by molar-refractivity contribution is -0.307. The summed E-state index contributed by atoms with van der Waals surface area (Å²) < 4.78 is 6.03. The van der Waals surface area contributed by atoms with Gasteiger partial charge < -0.3 is 31.1 Å². The summed E-state index contributed by atoms with van der Waals surface area (Å²) in [5, 5.41) is 38.7. The number of aliphatic imine (C=N–C) groups is 1. The van der Waals surface area contributed by atoms with Gasteiger partial charge in [-0.15, -0.1) is 5.76 Å². The van der Waals surface area contributed by atoms with Gasteiger partial charge in [0.05, 0.1) is 18.7 Å². The van der Waals surface area contributed by atoms with Crippen molar-refractivity contribution in [3.63, 3.8) is 0 Å². The lowest BCUT2D eigenvalue weighted by atomic mass is 9.80. The van der Waals surface area contributed by atoms with Crippen LogP contribution in [0.25, 0.3) is 6.08 Å². The van der Waals surface area contributed by atoms with Crippen molar-refractivity contribution >= 4 is 17.6 Å². The zero-order chi connectivity index (χ0) is 35.7. The number of ketones is 1. The Morgan fingerprint density at radius 3 is 2.71 bits per heavy atom. The van der Waals surface area contributed by atoms with Crippen LogP contribution < -0.4 is 20.9 Å². The van der Waals surface area contributed by atoms with Gasteiger partial charge in [0, 0.05) is 36.1 Å². The molecule has 2 aliphatic heterocycles. The molecule has 8 heteroatoms. The Kier molecular flexibility index (Phi) is 11.4. The number of ether oxygens (including phenoxy) is 1. The average Bonchev–Trinajstić information content (AvgIpc) is 3.60. The molecule has 0 fully saturated rings. The Morgan fingerprint density at radius 2 is 1.86 bits per heavy atom. The first-order valence-electron chi connectivity index (χ1n) is 17.7. The smallest absolute Gasteiger partial charge is 0.161 e.